The number of rotatable bonds is 2. The van der Waals surface area contributed by atoms with Gasteiger partial charge < -0.3 is 5.73 Å². The van der Waals surface area contributed by atoms with Crippen molar-refractivity contribution < 1.29 is 4.92 Å². The van der Waals surface area contributed by atoms with Crippen molar-refractivity contribution >= 4 is 17.0 Å². The van der Waals surface area contributed by atoms with Crippen LogP contribution in [-0.4, -0.2) is 24.5 Å². The Labute approximate surface area is 106 Å². The molecule has 0 saturated heterocycles. The summed E-state index contributed by atoms with van der Waals surface area (Å²) < 4.78 is 1.66. The second-order valence-electron chi connectivity index (χ2n) is 3.86. The van der Waals surface area contributed by atoms with E-state index in [1.165, 1.54) is 12.1 Å². The van der Waals surface area contributed by atoms with Crippen molar-refractivity contribution in [1.82, 2.24) is 19.6 Å². The normalized spacial score (nSPS) is 10.7. The van der Waals surface area contributed by atoms with Gasteiger partial charge in [-0.2, -0.15) is 0 Å². The monoisotopic (exact) mass is 256 g/mol. The Balaban J connectivity index is 2.19. The summed E-state index contributed by atoms with van der Waals surface area (Å²) in [5.74, 6) is 0.496. The maximum atomic E-state index is 10.7. The third-order valence-corrected chi connectivity index (χ3v) is 2.70. The topological polar surface area (TPSA) is 112 Å². The maximum absolute atomic E-state index is 10.7. The molecule has 3 aromatic rings. The second-order valence-corrected chi connectivity index (χ2v) is 3.86. The molecule has 0 amide bonds. The van der Waals surface area contributed by atoms with Crippen LogP contribution in [0, 0.1) is 10.1 Å². The predicted octanol–water partition coefficient (Wildman–Crippen LogP) is 1.28. The zero-order valence-electron chi connectivity index (χ0n) is 9.59. The van der Waals surface area contributed by atoms with Crippen LogP contribution in [0.25, 0.3) is 17.0 Å². The Kier molecular flexibility index (Phi) is 2.34. The summed E-state index contributed by atoms with van der Waals surface area (Å²) in [6.45, 7) is 0. The van der Waals surface area contributed by atoms with Gasteiger partial charge in [0.1, 0.15) is 6.33 Å². The van der Waals surface area contributed by atoms with Gasteiger partial charge in [0.2, 0.25) is 0 Å². The first-order chi connectivity index (χ1) is 9.16. The third-order valence-electron chi connectivity index (χ3n) is 2.70. The maximum Gasteiger partial charge on any atom is 0.271 e. The number of hydrogen-bond acceptors (Lipinski definition) is 6. The molecule has 8 heteroatoms. The van der Waals surface area contributed by atoms with Gasteiger partial charge in [0, 0.05) is 35.6 Å². The highest BCUT2D eigenvalue weighted by atomic mass is 16.6. The first kappa shape index (κ1) is 11.1. The minimum Gasteiger partial charge on any atom is -0.398 e. The van der Waals surface area contributed by atoms with E-state index in [-0.39, 0.29) is 11.4 Å². The highest BCUT2D eigenvalue weighted by molar-refractivity contribution is 5.75. The number of aromatic nitrogens is 4. The minimum absolute atomic E-state index is 0.0619. The van der Waals surface area contributed by atoms with Crippen LogP contribution < -0.4 is 5.73 Å². The molecule has 0 unspecified atom stereocenters. The van der Waals surface area contributed by atoms with Crippen LogP contribution in [0.5, 0.6) is 0 Å². The lowest BCUT2D eigenvalue weighted by molar-refractivity contribution is -0.384. The van der Waals surface area contributed by atoms with Crippen LogP contribution in [0.4, 0.5) is 11.4 Å². The molecule has 2 N–H and O–H groups in total. The minimum atomic E-state index is -0.496. The van der Waals surface area contributed by atoms with E-state index in [0.29, 0.717) is 17.0 Å². The Morgan fingerprint density at radius 1 is 1.26 bits per heavy atom. The fourth-order valence-electron chi connectivity index (χ4n) is 1.80. The Bertz CT molecular complexity index is 782. The van der Waals surface area contributed by atoms with Crippen LogP contribution in [0.2, 0.25) is 0 Å². The van der Waals surface area contributed by atoms with Crippen molar-refractivity contribution in [2.75, 3.05) is 5.73 Å². The highest BCUT2D eigenvalue weighted by Crippen LogP contribution is 2.28. The Hall–Kier alpha value is -3.03. The number of nitro benzene ring substituents is 1. The average molecular weight is 256 g/mol. The molecule has 0 fully saturated rings. The molecular weight excluding hydrogens is 248 g/mol. The number of nitrogen functional groups attached to an aromatic ring is 1. The molecule has 8 nitrogen and oxygen atoms in total. The van der Waals surface area contributed by atoms with Crippen LogP contribution in [-0.2, 0) is 0 Å². The van der Waals surface area contributed by atoms with Gasteiger partial charge in [-0.05, 0) is 6.07 Å². The standard InChI is InChI=1S/C11H8N6O2/c12-9-5-7(17(18)19)1-2-8(9)11-15-14-10-3-4-13-6-16(10)11/h1-6H,12H2. The molecule has 94 valence electrons. The number of nitrogens with zero attached hydrogens (tertiary/aromatic N) is 5. The summed E-state index contributed by atoms with van der Waals surface area (Å²) in [5.41, 5.74) is 7.25. The molecule has 0 aliphatic carbocycles. The summed E-state index contributed by atoms with van der Waals surface area (Å²) >= 11 is 0. The van der Waals surface area contributed by atoms with Crippen molar-refractivity contribution in [3.05, 3.63) is 46.9 Å². The molecule has 0 saturated carbocycles. The average Bonchev–Trinajstić information content (AvgIpc) is 2.82. The van der Waals surface area contributed by atoms with E-state index in [1.807, 2.05) is 0 Å². The van der Waals surface area contributed by atoms with E-state index in [2.05, 4.69) is 15.2 Å². The quantitative estimate of drug-likeness (QED) is 0.420. The molecular formula is C11H8N6O2. The zero-order chi connectivity index (χ0) is 13.4. The number of fused-ring (bicyclic) bond motifs is 1. The highest BCUT2D eigenvalue weighted by Gasteiger charge is 2.14. The Morgan fingerprint density at radius 3 is 2.84 bits per heavy atom. The van der Waals surface area contributed by atoms with Crippen LogP contribution in [0.3, 0.4) is 0 Å². The van der Waals surface area contributed by atoms with Crippen molar-refractivity contribution in [3.8, 4) is 11.4 Å². The molecule has 0 spiro atoms. The number of nitro groups is 1. The number of anilines is 1. The fourth-order valence-corrected chi connectivity index (χ4v) is 1.80. The molecule has 2 heterocycles. The van der Waals surface area contributed by atoms with Crippen LogP contribution in [0.15, 0.2) is 36.8 Å². The molecule has 3 rings (SSSR count). The van der Waals surface area contributed by atoms with Gasteiger partial charge in [-0.25, -0.2) is 4.98 Å². The molecule has 1 aromatic carbocycles. The number of nitrogens with two attached hydrogens (primary N) is 1. The molecule has 19 heavy (non-hydrogen) atoms. The van der Waals surface area contributed by atoms with Gasteiger partial charge in [-0.3, -0.25) is 14.5 Å². The van der Waals surface area contributed by atoms with Crippen molar-refractivity contribution in [3.63, 3.8) is 0 Å². The van der Waals surface area contributed by atoms with Crippen molar-refractivity contribution in [2.24, 2.45) is 0 Å². The van der Waals surface area contributed by atoms with Crippen LogP contribution >= 0.6 is 0 Å². The summed E-state index contributed by atoms with van der Waals surface area (Å²) in [6.07, 6.45) is 3.17. The van der Waals surface area contributed by atoms with E-state index < -0.39 is 4.92 Å². The van der Waals surface area contributed by atoms with E-state index in [9.17, 15) is 10.1 Å². The van der Waals surface area contributed by atoms with Crippen molar-refractivity contribution in [1.29, 1.82) is 0 Å². The lowest BCUT2D eigenvalue weighted by atomic mass is 10.1. The zero-order valence-corrected chi connectivity index (χ0v) is 9.59. The van der Waals surface area contributed by atoms with Gasteiger partial charge in [-0.1, -0.05) is 0 Å². The summed E-state index contributed by atoms with van der Waals surface area (Å²) in [5, 5.41) is 18.7. The predicted molar refractivity (Wildman–Crippen MR) is 67.3 cm³/mol. The molecule has 0 aliphatic rings. The van der Waals surface area contributed by atoms with Gasteiger partial charge >= 0.3 is 0 Å². The molecule has 2 aromatic heterocycles. The third kappa shape index (κ3) is 1.75. The van der Waals surface area contributed by atoms with E-state index in [0.717, 1.165) is 0 Å². The lowest BCUT2D eigenvalue weighted by Gasteiger charge is -2.03. The van der Waals surface area contributed by atoms with Crippen molar-refractivity contribution in [2.45, 2.75) is 0 Å². The Morgan fingerprint density at radius 2 is 2.11 bits per heavy atom. The summed E-state index contributed by atoms with van der Waals surface area (Å²) in [6, 6.07) is 5.94. The van der Waals surface area contributed by atoms with Gasteiger partial charge in [-0.15, -0.1) is 10.2 Å². The number of hydrogen-bond donors (Lipinski definition) is 1. The first-order valence-electron chi connectivity index (χ1n) is 5.36. The molecule has 0 radical (unpaired) electrons. The number of non-ortho nitro benzene ring substituents is 1. The first-order valence-corrected chi connectivity index (χ1v) is 5.36. The van der Waals surface area contributed by atoms with Crippen LogP contribution in [0.1, 0.15) is 0 Å². The van der Waals surface area contributed by atoms with Gasteiger partial charge in [0.15, 0.2) is 11.5 Å². The second kappa shape index (κ2) is 4.02. The molecule has 0 bridgehead atoms. The van der Waals surface area contributed by atoms with Gasteiger partial charge in [0.05, 0.1) is 4.92 Å². The fraction of sp³-hybridized carbons (Fsp3) is 0. The SMILES string of the molecule is Nc1cc([N+](=O)[O-])ccc1-c1nnc2ccncn12. The summed E-state index contributed by atoms with van der Waals surface area (Å²) in [7, 11) is 0. The van der Waals surface area contributed by atoms with E-state index >= 15 is 0 Å². The largest absolute Gasteiger partial charge is 0.398 e. The molecule has 0 atom stereocenters. The van der Waals surface area contributed by atoms with E-state index in [1.54, 1.807) is 29.1 Å². The molecule has 0 aliphatic heterocycles. The van der Waals surface area contributed by atoms with E-state index in [4.69, 9.17) is 5.73 Å². The number of benzene rings is 1. The smallest absolute Gasteiger partial charge is 0.271 e. The summed E-state index contributed by atoms with van der Waals surface area (Å²) in [4.78, 5) is 14.2. The van der Waals surface area contributed by atoms with Gasteiger partial charge in [0.25, 0.3) is 5.69 Å². The lowest BCUT2D eigenvalue weighted by Crippen LogP contribution is -1.97.